The summed E-state index contributed by atoms with van der Waals surface area (Å²) in [5.74, 6) is 0.0315. The normalized spacial score (nSPS) is 14.7. The summed E-state index contributed by atoms with van der Waals surface area (Å²) in [5, 5.41) is 26.6. The van der Waals surface area contributed by atoms with Gasteiger partial charge in [-0.15, -0.1) is 12.3 Å². The first-order chi connectivity index (χ1) is 8.90. The third kappa shape index (κ3) is 5.01. The van der Waals surface area contributed by atoms with E-state index in [0.29, 0.717) is 19.3 Å². The standard InChI is InChI=1S/C14H19NO4/c1-3-11(2)14(13(18)19,9-6-10-15)8-5-4-7-12(16)17/h1,11H,4-9H2,2H3,(H,16,17)(H,18,19). The molecule has 19 heavy (non-hydrogen) atoms. The molecule has 104 valence electrons. The van der Waals surface area contributed by atoms with Crippen molar-refractivity contribution in [1.82, 2.24) is 0 Å². The molecular formula is C14H19NO4. The topological polar surface area (TPSA) is 98.4 Å². The smallest absolute Gasteiger partial charge is 0.310 e. The van der Waals surface area contributed by atoms with Crippen LogP contribution in [0.25, 0.3) is 0 Å². The lowest BCUT2D eigenvalue weighted by Crippen LogP contribution is -2.37. The Labute approximate surface area is 113 Å². The summed E-state index contributed by atoms with van der Waals surface area (Å²) >= 11 is 0. The molecule has 2 unspecified atom stereocenters. The van der Waals surface area contributed by atoms with E-state index in [1.54, 1.807) is 6.92 Å². The quantitative estimate of drug-likeness (QED) is 0.492. The van der Waals surface area contributed by atoms with Gasteiger partial charge in [0.15, 0.2) is 0 Å². The van der Waals surface area contributed by atoms with Gasteiger partial charge in [0, 0.05) is 18.8 Å². The number of hydrogen-bond donors (Lipinski definition) is 2. The Kier molecular flexibility index (Phi) is 7.29. The largest absolute Gasteiger partial charge is 0.481 e. The number of hydrogen-bond acceptors (Lipinski definition) is 3. The minimum Gasteiger partial charge on any atom is -0.481 e. The Balaban J connectivity index is 4.82. The van der Waals surface area contributed by atoms with Crippen LogP contribution in [0.15, 0.2) is 0 Å². The van der Waals surface area contributed by atoms with E-state index in [9.17, 15) is 14.7 Å². The Bertz CT molecular complexity index is 405. The first-order valence-electron chi connectivity index (χ1n) is 6.19. The van der Waals surface area contributed by atoms with E-state index in [0.717, 1.165) is 0 Å². The van der Waals surface area contributed by atoms with Crippen LogP contribution in [-0.4, -0.2) is 22.2 Å². The maximum absolute atomic E-state index is 11.5. The van der Waals surface area contributed by atoms with E-state index in [4.69, 9.17) is 16.8 Å². The lowest BCUT2D eigenvalue weighted by atomic mass is 9.70. The van der Waals surface area contributed by atoms with Crippen LogP contribution in [0.1, 0.15) is 45.4 Å². The van der Waals surface area contributed by atoms with Crippen molar-refractivity contribution in [2.75, 3.05) is 0 Å². The van der Waals surface area contributed by atoms with Gasteiger partial charge in [-0.1, -0.05) is 13.3 Å². The molecule has 0 aromatic carbocycles. The van der Waals surface area contributed by atoms with Crippen LogP contribution in [-0.2, 0) is 9.59 Å². The van der Waals surface area contributed by atoms with Gasteiger partial charge in [-0.05, 0) is 19.3 Å². The van der Waals surface area contributed by atoms with Gasteiger partial charge in [0.05, 0.1) is 11.5 Å². The Morgan fingerprint density at radius 3 is 2.37 bits per heavy atom. The summed E-state index contributed by atoms with van der Waals surface area (Å²) in [6.07, 6.45) is 6.83. The highest BCUT2D eigenvalue weighted by atomic mass is 16.4. The summed E-state index contributed by atoms with van der Waals surface area (Å²) in [7, 11) is 0. The van der Waals surface area contributed by atoms with E-state index >= 15 is 0 Å². The molecule has 0 aliphatic heterocycles. The van der Waals surface area contributed by atoms with Crippen molar-refractivity contribution in [1.29, 1.82) is 5.26 Å². The van der Waals surface area contributed by atoms with E-state index < -0.39 is 23.3 Å². The van der Waals surface area contributed by atoms with Crippen LogP contribution in [0.4, 0.5) is 0 Å². The third-order valence-electron chi connectivity index (χ3n) is 3.45. The lowest BCUT2D eigenvalue weighted by Gasteiger charge is -2.32. The predicted octanol–water partition coefficient (Wildman–Crippen LogP) is 2.28. The third-order valence-corrected chi connectivity index (χ3v) is 3.45. The summed E-state index contributed by atoms with van der Waals surface area (Å²) < 4.78 is 0. The number of carboxylic acids is 2. The summed E-state index contributed by atoms with van der Waals surface area (Å²) in [4.78, 5) is 22.0. The zero-order valence-corrected chi connectivity index (χ0v) is 11.1. The minimum atomic E-state index is -1.14. The number of unbranched alkanes of at least 4 members (excludes halogenated alkanes) is 1. The van der Waals surface area contributed by atoms with Crippen LogP contribution in [0, 0.1) is 35.0 Å². The minimum absolute atomic E-state index is 0.0123. The van der Waals surface area contributed by atoms with Gasteiger partial charge in [0.2, 0.25) is 0 Å². The van der Waals surface area contributed by atoms with Crippen LogP contribution >= 0.6 is 0 Å². The maximum Gasteiger partial charge on any atom is 0.310 e. The molecule has 0 saturated heterocycles. The molecule has 0 aliphatic rings. The van der Waals surface area contributed by atoms with E-state index in [2.05, 4.69) is 5.92 Å². The van der Waals surface area contributed by atoms with Crippen molar-refractivity contribution in [3.05, 3.63) is 0 Å². The van der Waals surface area contributed by atoms with Gasteiger partial charge in [0.25, 0.3) is 0 Å². The molecule has 0 aliphatic carbocycles. The highest BCUT2D eigenvalue weighted by molar-refractivity contribution is 5.75. The summed E-state index contributed by atoms with van der Waals surface area (Å²) in [5.41, 5.74) is -1.14. The molecule has 0 radical (unpaired) electrons. The van der Waals surface area contributed by atoms with Gasteiger partial charge in [-0.25, -0.2) is 0 Å². The molecule has 5 nitrogen and oxygen atoms in total. The average molecular weight is 265 g/mol. The van der Waals surface area contributed by atoms with Crippen molar-refractivity contribution < 1.29 is 19.8 Å². The molecule has 0 heterocycles. The number of rotatable bonds is 9. The van der Waals surface area contributed by atoms with Gasteiger partial charge in [-0.2, -0.15) is 5.26 Å². The molecule has 5 heteroatoms. The number of carbonyl (C=O) groups is 2. The molecule has 2 N–H and O–H groups in total. The average Bonchev–Trinajstić information content (AvgIpc) is 2.36. The summed E-state index contributed by atoms with van der Waals surface area (Å²) in [6.45, 7) is 1.66. The fourth-order valence-corrected chi connectivity index (χ4v) is 2.11. The van der Waals surface area contributed by atoms with Crippen LogP contribution < -0.4 is 0 Å². The van der Waals surface area contributed by atoms with Gasteiger partial charge >= 0.3 is 11.9 Å². The van der Waals surface area contributed by atoms with E-state index in [-0.39, 0.29) is 19.3 Å². The summed E-state index contributed by atoms with van der Waals surface area (Å²) in [6, 6.07) is 1.94. The van der Waals surface area contributed by atoms with Crippen molar-refractivity contribution in [3.8, 4) is 18.4 Å². The second-order valence-corrected chi connectivity index (χ2v) is 4.61. The Morgan fingerprint density at radius 2 is 1.95 bits per heavy atom. The van der Waals surface area contributed by atoms with Crippen LogP contribution in [0.5, 0.6) is 0 Å². The highest BCUT2D eigenvalue weighted by Gasteiger charge is 2.42. The fraction of sp³-hybridized carbons (Fsp3) is 0.643. The molecule has 0 rings (SSSR count). The lowest BCUT2D eigenvalue weighted by molar-refractivity contribution is -0.152. The molecular weight excluding hydrogens is 246 g/mol. The second kappa shape index (κ2) is 8.16. The SMILES string of the molecule is C#CC(C)C(CCC#N)(CCCCC(=O)O)C(=O)O. The van der Waals surface area contributed by atoms with Gasteiger partial charge in [-0.3, -0.25) is 9.59 Å². The van der Waals surface area contributed by atoms with Crippen molar-refractivity contribution in [3.63, 3.8) is 0 Å². The Morgan fingerprint density at radius 1 is 1.32 bits per heavy atom. The van der Waals surface area contributed by atoms with E-state index in [1.807, 2.05) is 6.07 Å². The zero-order valence-electron chi connectivity index (χ0n) is 11.1. The number of terminal acetylenes is 1. The monoisotopic (exact) mass is 265 g/mol. The molecule has 0 aromatic rings. The number of carboxylic acid groups (broad SMARTS) is 2. The van der Waals surface area contributed by atoms with Crippen molar-refractivity contribution in [2.45, 2.75) is 45.4 Å². The van der Waals surface area contributed by atoms with E-state index in [1.165, 1.54) is 0 Å². The number of nitrogens with zero attached hydrogens (tertiary/aromatic N) is 1. The van der Waals surface area contributed by atoms with Crippen LogP contribution in [0.3, 0.4) is 0 Å². The first-order valence-corrected chi connectivity index (χ1v) is 6.19. The molecule has 0 amide bonds. The zero-order chi connectivity index (χ0) is 14.9. The molecule has 0 fully saturated rings. The van der Waals surface area contributed by atoms with Crippen LogP contribution in [0.2, 0.25) is 0 Å². The van der Waals surface area contributed by atoms with Crippen molar-refractivity contribution in [2.24, 2.45) is 11.3 Å². The number of aliphatic carboxylic acids is 2. The molecule has 0 aromatic heterocycles. The maximum atomic E-state index is 11.5. The molecule has 0 bridgehead atoms. The fourth-order valence-electron chi connectivity index (χ4n) is 2.11. The predicted molar refractivity (Wildman–Crippen MR) is 69.0 cm³/mol. The molecule has 2 atom stereocenters. The highest BCUT2D eigenvalue weighted by Crippen LogP contribution is 2.38. The number of nitriles is 1. The van der Waals surface area contributed by atoms with Gasteiger partial charge in [0.1, 0.15) is 0 Å². The first kappa shape index (κ1) is 17.0. The Hall–Kier alpha value is -2.01. The second-order valence-electron chi connectivity index (χ2n) is 4.61. The molecule has 0 spiro atoms. The van der Waals surface area contributed by atoms with Crippen molar-refractivity contribution >= 4 is 11.9 Å². The molecule has 0 saturated carbocycles. The van der Waals surface area contributed by atoms with Gasteiger partial charge < -0.3 is 10.2 Å².